The third kappa shape index (κ3) is 4.67. The summed E-state index contributed by atoms with van der Waals surface area (Å²) in [6, 6.07) is 19.4. The molecule has 162 valence electrons. The van der Waals surface area contributed by atoms with E-state index in [9.17, 15) is 4.79 Å². The predicted octanol–water partition coefficient (Wildman–Crippen LogP) is 4.64. The second-order valence-corrected chi connectivity index (χ2v) is 7.73. The van der Waals surface area contributed by atoms with Gasteiger partial charge in [-0.1, -0.05) is 38.1 Å². The summed E-state index contributed by atoms with van der Waals surface area (Å²) in [7, 11) is 1.62. The fourth-order valence-electron chi connectivity index (χ4n) is 3.36. The molecule has 0 atom stereocenters. The van der Waals surface area contributed by atoms with Crippen molar-refractivity contribution >= 4 is 11.6 Å². The molecule has 0 radical (unpaired) electrons. The first-order valence-corrected chi connectivity index (χ1v) is 10.4. The van der Waals surface area contributed by atoms with Crippen LogP contribution in [0.1, 0.15) is 41.3 Å². The summed E-state index contributed by atoms with van der Waals surface area (Å²) in [5.41, 5.74) is 3.59. The smallest absolute Gasteiger partial charge is 0.260 e. The third-order valence-corrected chi connectivity index (χ3v) is 5.26. The van der Waals surface area contributed by atoms with E-state index in [0.29, 0.717) is 23.8 Å². The molecule has 0 N–H and O–H groups in total. The second-order valence-electron chi connectivity index (χ2n) is 7.73. The minimum Gasteiger partial charge on any atom is -0.497 e. The van der Waals surface area contributed by atoms with Crippen molar-refractivity contribution < 1.29 is 9.53 Å². The molecule has 4 rings (SSSR count). The van der Waals surface area contributed by atoms with E-state index < -0.39 is 0 Å². The number of carbonyl (C=O) groups is 1. The minimum atomic E-state index is -0.138. The Labute approximate surface area is 187 Å². The van der Waals surface area contributed by atoms with E-state index in [1.54, 1.807) is 41.3 Å². The van der Waals surface area contributed by atoms with Crippen molar-refractivity contribution in [1.82, 2.24) is 19.7 Å². The maximum atomic E-state index is 13.5. The molecule has 2 aromatic heterocycles. The zero-order valence-electron chi connectivity index (χ0n) is 18.3. The van der Waals surface area contributed by atoms with Crippen molar-refractivity contribution in [3.8, 4) is 11.6 Å². The van der Waals surface area contributed by atoms with Gasteiger partial charge in [-0.2, -0.15) is 5.10 Å². The van der Waals surface area contributed by atoms with Crippen molar-refractivity contribution in [2.75, 3.05) is 12.0 Å². The lowest BCUT2D eigenvalue weighted by Gasteiger charge is -2.23. The Morgan fingerprint density at radius 1 is 1.03 bits per heavy atom. The molecule has 0 aliphatic carbocycles. The highest BCUT2D eigenvalue weighted by Crippen LogP contribution is 2.24. The Morgan fingerprint density at radius 2 is 1.78 bits per heavy atom. The Hall–Kier alpha value is -4.00. The number of pyridine rings is 1. The molecule has 7 nitrogen and oxygen atoms in total. The summed E-state index contributed by atoms with van der Waals surface area (Å²) >= 11 is 0. The third-order valence-electron chi connectivity index (χ3n) is 5.26. The number of aromatic nitrogens is 4. The molecule has 0 aliphatic heterocycles. The van der Waals surface area contributed by atoms with Gasteiger partial charge in [0.2, 0.25) is 0 Å². The number of ether oxygens (including phenoxy) is 1. The Morgan fingerprint density at radius 3 is 2.34 bits per heavy atom. The number of carbonyl (C=O) groups excluding carboxylic acids is 1. The van der Waals surface area contributed by atoms with Crippen molar-refractivity contribution in [2.24, 2.45) is 0 Å². The second kappa shape index (κ2) is 9.43. The molecule has 0 aliphatic rings. The van der Waals surface area contributed by atoms with Crippen LogP contribution in [0.2, 0.25) is 0 Å². The Kier molecular flexibility index (Phi) is 6.26. The van der Waals surface area contributed by atoms with E-state index in [1.165, 1.54) is 11.9 Å². The van der Waals surface area contributed by atoms with Gasteiger partial charge in [0.15, 0.2) is 5.82 Å². The van der Waals surface area contributed by atoms with Crippen molar-refractivity contribution in [1.29, 1.82) is 0 Å². The summed E-state index contributed by atoms with van der Waals surface area (Å²) in [4.78, 5) is 23.5. The van der Waals surface area contributed by atoms with Crippen molar-refractivity contribution in [3.63, 3.8) is 0 Å². The number of nitrogens with zero attached hydrogens (tertiary/aromatic N) is 5. The maximum absolute atomic E-state index is 13.5. The molecule has 0 saturated heterocycles. The van der Waals surface area contributed by atoms with Crippen molar-refractivity contribution in [3.05, 3.63) is 96.2 Å². The van der Waals surface area contributed by atoms with Crippen LogP contribution in [0.15, 0.2) is 79.5 Å². The summed E-state index contributed by atoms with van der Waals surface area (Å²) in [6.07, 6.45) is 4.57. The van der Waals surface area contributed by atoms with E-state index in [4.69, 9.17) is 4.74 Å². The fraction of sp³-hybridized carbons (Fsp3) is 0.200. The number of hydrogen-bond donors (Lipinski definition) is 0. The molecular weight excluding hydrogens is 402 g/mol. The lowest BCUT2D eigenvalue weighted by atomic mass is 10.0. The maximum Gasteiger partial charge on any atom is 0.260 e. The molecule has 32 heavy (non-hydrogen) atoms. The van der Waals surface area contributed by atoms with E-state index >= 15 is 0 Å². The highest BCUT2D eigenvalue weighted by atomic mass is 16.5. The van der Waals surface area contributed by atoms with Crippen LogP contribution in [0.4, 0.5) is 5.69 Å². The van der Waals surface area contributed by atoms with E-state index in [0.717, 1.165) is 17.0 Å². The quantitative estimate of drug-likeness (QED) is 0.430. The van der Waals surface area contributed by atoms with Crippen LogP contribution in [0.5, 0.6) is 5.75 Å². The largest absolute Gasteiger partial charge is 0.497 e. The van der Waals surface area contributed by atoms with Gasteiger partial charge in [-0.3, -0.25) is 4.79 Å². The first kappa shape index (κ1) is 21.2. The molecule has 2 heterocycles. The van der Waals surface area contributed by atoms with Gasteiger partial charge in [0.25, 0.3) is 5.91 Å². The molecule has 7 heteroatoms. The van der Waals surface area contributed by atoms with Crippen LogP contribution in [0, 0.1) is 0 Å². The summed E-state index contributed by atoms with van der Waals surface area (Å²) in [5.74, 6) is 1.65. The van der Waals surface area contributed by atoms with Gasteiger partial charge in [0.1, 0.15) is 18.4 Å². The summed E-state index contributed by atoms with van der Waals surface area (Å²) < 4.78 is 6.82. The van der Waals surface area contributed by atoms with Crippen LogP contribution < -0.4 is 9.64 Å². The van der Waals surface area contributed by atoms with E-state index in [1.807, 2.05) is 24.3 Å². The predicted molar refractivity (Wildman–Crippen MR) is 123 cm³/mol. The SMILES string of the molecule is COc1ccc(N(Cc2ccc(C(C)C)cc2)C(=O)c2ccc(-n3cncn3)nc2)cc1. The van der Waals surface area contributed by atoms with Crippen LogP contribution >= 0.6 is 0 Å². The number of methoxy groups -OCH3 is 1. The monoisotopic (exact) mass is 427 g/mol. The number of hydrogen-bond acceptors (Lipinski definition) is 5. The van der Waals surface area contributed by atoms with Gasteiger partial charge in [-0.25, -0.2) is 14.6 Å². The molecular formula is C25H25N5O2. The van der Waals surface area contributed by atoms with E-state index in [-0.39, 0.29) is 5.91 Å². The fourth-order valence-corrected chi connectivity index (χ4v) is 3.36. The molecule has 1 amide bonds. The molecule has 2 aromatic carbocycles. The van der Waals surface area contributed by atoms with Crippen LogP contribution in [-0.4, -0.2) is 32.8 Å². The molecule has 0 fully saturated rings. The molecule has 4 aromatic rings. The normalized spacial score (nSPS) is 10.9. The van der Waals surface area contributed by atoms with Gasteiger partial charge in [-0.05, 0) is 53.4 Å². The topological polar surface area (TPSA) is 73.1 Å². The van der Waals surface area contributed by atoms with E-state index in [2.05, 4.69) is 53.2 Å². The van der Waals surface area contributed by atoms with Crippen LogP contribution in [0.3, 0.4) is 0 Å². The van der Waals surface area contributed by atoms with Gasteiger partial charge in [0, 0.05) is 11.9 Å². The first-order valence-electron chi connectivity index (χ1n) is 10.4. The highest BCUT2D eigenvalue weighted by molar-refractivity contribution is 6.05. The Bertz CT molecular complexity index is 1150. The highest BCUT2D eigenvalue weighted by Gasteiger charge is 2.19. The van der Waals surface area contributed by atoms with Gasteiger partial charge in [0.05, 0.1) is 19.2 Å². The molecule has 0 bridgehead atoms. The Balaban J connectivity index is 1.63. The summed E-state index contributed by atoms with van der Waals surface area (Å²) in [5, 5.41) is 4.07. The number of benzene rings is 2. The number of rotatable bonds is 7. The average Bonchev–Trinajstić information content (AvgIpc) is 3.38. The first-order chi connectivity index (χ1) is 15.5. The zero-order chi connectivity index (χ0) is 22.5. The number of amides is 1. The van der Waals surface area contributed by atoms with Gasteiger partial charge >= 0.3 is 0 Å². The average molecular weight is 428 g/mol. The summed E-state index contributed by atoms with van der Waals surface area (Å²) in [6.45, 7) is 4.77. The van der Waals surface area contributed by atoms with Crippen LogP contribution in [0.25, 0.3) is 5.82 Å². The molecule has 0 spiro atoms. The molecule has 0 unspecified atom stereocenters. The van der Waals surface area contributed by atoms with Crippen molar-refractivity contribution in [2.45, 2.75) is 26.3 Å². The van der Waals surface area contributed by atoms with Gasteiger partial charge in [-0.15, -0.1) is 0 Å². The zero-order valence-corrected chi connectivity index (χ0v) is 18.3. The molecule has 0 saturated carbocycles. The van der Waals surface area contributed by atoms with Gasteiger partial charge < -0.3 is 9.64 Å². The number of anilines is 1. The lowest BCUT2D eigenvalue weighted by molar-refractivity contribution is 0.0984. The minimum absolute atomic E-state index is 0.138. The lowest BCUT2D eigenvalue weighted by Crippen LogP contribution is -2.30. The standard InChI is InChI=1S/C25H25N5O2/c1-18(2)20-6-4-19(5-7-20)15-29(22-9-11-23(32-3)12-10-22)25(31)21-8-13-24(27-14-21)30-17-26-16-28-30/h4-14,16-18H,15H2,1-3H3. The van der Waals surface area contributed by atoms with Crippen LogP contribution in [-0.2, 0) is 6.54 Å².